The number of hydrogen-bond donors (Lipinski definition) is 1. The number of aromatic nitrogens is 2. The van der Waals surface area contributed by atoms with E-state index in [0.717, 1.165) is 23.6 Å². The van der Waals surface area contributed by atoms with Crippen molar-refractivity contribution in [1.29, 1.82) is 0 Å². The second-order valence-corrected chi connectivity index (χ2v) is 9.65. The van der Waals surface area contributed by atoms with Gasteiger partial charge in [0.25, 0.3) is 5.22 Å². The van der Waals surface area contributed by atoms with Crippen molar-refractivity contribution >= 4 is 23.6 Å². The third kappa shape index (κ3) is 3.93. The Balaban J connectivity index is 1.35. The number of hydrogen-bond acceptors (Lipinski definition) is 6. The minimum Gasteiger partial charge on any atom is -0.415 e. The van der Waals surface area contributed by atoms with E-state index in [9.17, 15) is 9.59 Å². The molecule has 4 aliphatic rings. The maximum atomic E-state index is 12.5. The molecule has 0 atom stereocenters. The fraction of sp³-hybridized carbons (Fsp3) is 0.800. The molecule has 0 aliphatic heterocycles. The Labute approximate surface area is 170 Å². The Morgan fingerprint density at radius 3 is 2.36 bits per heavy atom. The summed E-state index contributed by atoms with van der Waals surface area (Å²) in [5.41, 5.74) is 0.0816. The summed E-state index contributed by atoms with van der Waals surface area (Å²) in [6.45, 7) is 4.89. The largest absolute Gasteiger partial charge is 0.415 e. The third-order valence-electron chi connectivity index (χ3n) is 6.66. The van der Waals surface area contributed by atoms with Gasteiger partial charge in [-0.1, -0.05) is 11.8 Å². The molecular weight excluding hydrogens is 376 g/mol. The Hall–Kier alpha value is -1.57. The lowest BCUT2D eigenvalue weighted by atomic mass is 9.49. The van der Waals surface area contributed by atoms with Crippen LogP contribution in [-0.4, -0.2) is 52.3 Å². The maximum Gasteiger partial charge on any atom is 0.277 e. The first-order chi connectivity index (χ1) is 13.5. The number of carbonyl (C=O) groups excluding carboxylic acids is 2. The summed E-state index contributed by atoms with van der Waals surface area (Å²) < 4.78 is 6.04. The van der Waals surface area contributed by atoms with Gasteiger partial charge in [-0.05, 0) is 70.1 Å². The monoisotopic (exact) mass is 406 g/mol. The lowest BCUT2D eigenvalue weighted by Crippen LogP contribution is -2.48. The molecule has 7 nitrogen and oxygen atoms in total. The van der Waals surface area contributed by atoms with Crippen molar-refractivity contribution in [1.82, 2.24) is 20.4 Å². The molecule has 0 spiro atoms. The molecule has 0 radical (unpaired) electrons. The summed E-state index contributed by atoms with van der Waals surface area (Å²) in [7, 11) is 0. The maximum absolute atomic E-state index is 12.5. The number of carbonyl (C=O) groups is 2. The van der Waals surface area contributed by atoms with Gasteiger partial charge in [-0.2, -0.15) is 0 Å². The summed E-state index contributed by atoms with van der Waals surface area (Å²) in [6.07, 6.45) is 7.67. The van der Waals surface area contributed by atoms with Crippen LogP contribution < -0.4 is 5.32 Å². The molecule has 28 heavy (non-hydrogen) atoms. The summed E-state index contributed by atoms with van der Waals surface area (Å²) >= 11 is 1.27. The summed E-state index contributed by atoms with van der Waals surface area (Å²) in [4.78, 5) is 25.7. The Bertz CT molecular complexity index is 700. The van der Waals surface area contributed by atoms with E-state index in [0.29, 0.717) is 18.3 Å². The van der Waals surface area contributed by atoms with Gasteiger partial charge >= 0.3 is 0 Å². The number of rotatable bonds is 8. The first kappa shape index (κ1) is 19.7. The smallest absolute Gasteiger partial charge is 0.277 e. The van der Waals surface area contributed by atoms with Crippen LogP contribution in [0.5, 0.6) is 0 Å². The summed E-state index contributed by atoms with van der Waals surface area (Å²) in [5, 5.41) is 11.8. The highest BCUT2D eigenvalue weighted by atomic mass is 32.2. The molecule has 0 saturated heterocycles. The topological polar surface area (TPSA) is 88.3 Å². The lowest BCUT2D eigenvalue weighted by Gasteiger charge is -2.55. The van der Waals surface area contributed by atoms with Crippen LogP contribution in [0.15, 0.2) is 9.64 Å². The zero-order valence-corrected chi connectivity index (χ0v) is 17.6. The summed E-state index contributed by atoms with van der Waals surface area (Å²) in [5.74, 6) is 3.24. The molecule has 1 heterocycles. The van der Waals surface area contributed by atoms with Crippen molar-refractivity contribution in [3.05, 3.63) is 5.89 Å². The molecule has 4 saturated carbocycles. The predicted molar refractivity (Wildman–Crippen MR) is 106 cm³/mol. The molecule has 1 aromatic heterocycles. The Morgan fingerprint density at radius 2 is 1.79 bits per heavy atom. The van der Waals surface area contributed by atoms with E-state index in [1.165, 1.54) is 50.3 Å². The van der Waals surface area contributed by atoms with Crippen LogP contribution in [0.25, 0.3) is 0 Å². The van der Waals surface area contributed by atoms with Gasteiger partial charge in [-0.25, -0.2) is 0 Å². The molecule has 154 valence electrons. The average Bonchev–Trinajstić information content (AvgIpc) is 3.13. The Morgan fingerprint density at radius 1 is 1.14 bits per heavy atom. The van der Waals surface area contributed by atoms with Crippen LogP contribution in [0.4, 0.5) is 0 Å². The van der Waals surface area contributed by atoms with Crippen LogP contribution >= 0.6 is 11.8 Å². The number of amides is 2. The van der Waals surface area contributed by atoms with E-state index in [2.05, 4.69) is 15.5 Å². The van der Waals surface area contributed by atoms with Crippen molar-refractivity contribution in [2.45, 2.75) is 63.0 Å². The van der Waals surface area contributed by atoms with Gasteiger partial charge in [0.05, 0.1) is 12.3 Å². The van der Waals surface area contributed by atoms with Gasteiger partial charge in [-0.3, -0.25) is 9.59 Å². The standard InChI is InChI=1S/C20H30N4O3S/c1-3-21-16(25)11-24(4-2)17(26)12-28-19-23-22-18(27-19)20-8-13-5-14(9-20)7-15(6-13)10-20/h13-15H,3-12H2,1-2H3,(H,21,25). The zero-order chi connectivity index (χ0) is 19.7. The van der Waals surface area contributed by atoms with Gasteiger partial charge in [0.1, 0.15) is 0 Å². The van der Waals surface area contributed by atoms with Gasteiger partial charge in [0.15, 0.2) is 0 Å². The van der Waals surface area contributed by atoms with Crippen molar-refractivity contribution in [2.24, 2.45) is 17.8 Å². The minimum atomic E-state index is -0.135. The van der Waals surface area contributed by atoms with E-state index in [4.69, 9.17) is 4.42 Å². The van der Waals surface area contributed by atoms with Gasteiger partial charge < -0.3 is 14.6 Å². The molecule has 4 aliphatic carbocycles. The molecule has 4 fully saturated rings. The van der Waals surface area contributed by atoms with E-state index >= 15 is 0 Å². The van der Waals surface area contributed by atoms with Gasteiger partial charge in [-0.15, -0.1) is 10.2 Å². The molecule has 8 heteroatoms. The Kier molecular flexibility index (Phi) is 5.67. The zero-order valence-electron chi connectivity index (χ0n) is 16.8. The number of nitrogens with one attached hydrogen (secondary N) is 1. The van der Waals surface area contributed by atoms with Crippen LogP contribution in [0.2, 0.25) is 0 Å². The highest BCUT2D eigenvalue weighted by molar-refractivity contribution is 7.99. The molecule has 2 amide bonds. The normalized spacial score (nSPS) is 30.4. The average molecular weight is 407 g/mol. The van der Waals surface area contributed by atoms with Gasteiger partial charge in [0, 0.05) is 18.5 Å². The molecule has 1 N–H and O–H groups in total. The molecule has 4 bridgehead atoms. The molecule has 0 unspecified atom stereocenters. The van der Waals surface area contributed by atoms with Crippen LogP contribution in [0, 0.1) is 17.8 Å². The highest BCUT2D eigenvalue weighted by Gasteiger charge is 2.54. The van der Waals surface area contributed by atoms with E-state index in [1.807, 2.05) is 13.8 Å². The second-order valence-electron chi connectivity index (χ2n) is 8.72. The fourth-order valence-corrected chi connectivity index (χ4v) is 6.54. The molecular formula is C20H30N4O3S. The first-order valence-corrected chi connectivity index (χ1v) is 11.5. The molecule has 5 rings (SSSR count). The van der Waals surface area contributed by atoms with Crippen LogP contribution in [0.3, 0.4) is 0 Å². The third-order valence-corrected chi connectivity index (χ3v) is 7.46. The first-order valence-electron chi connectivity index (χ1n) is 10.5. The molecule has 0 aromatic carbocycles. The fourth-order valence-electron chi connectivity index (χ4n) is 5.87. The van der Waals surface area contributed by atoms with Crippen molar-refractivity contribution in [2.75, 3.05) is 25.4 Å². The van der Waals surface area contributed by atoms with E-state index in [-0.39, 0.29) is 29.5 Å². The molecule has 1 aromatic rings. The van der Waals surface area contributed by atoms with E-state index < -0.39 is 0 Å². The van der Waals surface area contributed by atoms with Gasteiger partial charge in [0.2, 0.25) is 17.7 Å². The number of nitrogens with zero attached hydrogens (tertiary/aromatic N) is 3. The second kappa shape index (κ2) is 8.05. The van der Waals surface area contributed by atoms with Crippen LogP contribution in [-0.2, 0) is 15.0 Å². The number of likely N-dealkylation sites (N-methyl/N-ethyl adjacent to an activating group) is 2. The lowest BCUT2D eigenvalue weighted by molar-refractivity contribution is -0.133. The van der Waals surface area contributed by atoms with Crippen molar-refractivity contribution in [3.63, 3.8) is 0 Å². The van der Waals surface area contributed by atoms with Crippen molar-refractivity contribution < 1.29 is 14.0 Å². The van der Waals surface area contributed by atoms with Crippen molar-refractivity contribution in [3.8, 4) is 0 Å². The SMILES string of the molecule is CCNC(=O)CN(CC)C(=O)CSc1nnc(C23CC4CC(CC(C4)C2)C3)o1. The predicted octanol–water partition coefficient (Wildman–Crippen LogP) is 2.61. The number of thioether (sulfide) groups is 1. The summed E-state index contributed by atoms with van der Waals surface area (Å²) in [6, 6.07) is 0. The van der Waals surface area contributed by atoms with Crippen LogP contribution in [0.1, 0.15) is 58.3 Å². The van der Waals surface area contributed by atoms with E-state index in [1.54, 1.807) is 4.90 Å². The quantitative estimate of drug-likeness (QED) is 0.668. The highest BCUT2D eigenvalue weighted by Crippen LogP contribution is 2.60. The minimum absolute atomic E-state index is 0.0816.